The monoisotopic (exact) mass is 345 g/mol. The van der Waals surface area contributed by atoms with Crippen LogP contribution in [0, 0.1) is 22.7 Å². The highest BCUT2D eigenvalue weighted by atomic mass is 16.5. The molecule has 0 saturated carbocycles. The Kier molecular flexibility index (Phi) is 6.97. The minimum absolute atomic E-state index is 0.0675. The predicted molar refractivity (Wildman–Crippen MR) is 100 cm³/mol. The Morgan fingerprint density at radius 1 is 1.08 bits per heavy atom. The average molecular weight is 345 g/mol. The zero-order valence-electron chi connectivity index (χ0n) is 14.6. The molecule has 0 atom stereocenters. The molecule has 0 aliphatic carbocycles. The number of hydrogen-bond donors (Lipinski definition) is 0. The Bertz CT molecular complexity index is 828. The van der Waals surface area contributed by atoms with Gasteiger partial charge in [-0.1, -0.05) is 30.3 Å². The molecule has 0 amide bonds. The second-order valence-corrected chi connectivity index (χ2v) is 5.45. The molecule has 26 heavy (non-hydrogen) atoms. The van der Waals surface area contributed by atoms with E-state index in [0.717, 1.165) is 17.8 Å². The second kappa shape index (κ2) is 9.66. The van der Waals surface area contributed by atoms with Gasteiger partial charge in [0.15, 0.2) is 0 Å². The van der Waals surface area contributed by atoms with E-state index in [1.54, 1.807) is 30.3 Å². The fourth-order valence-corrected chi connectivity index (χ4v) is 2.41. The number of benzene rings is 2. The molecule has 0 heterocycles. The van der Waals surface area contributed by atoms with E-state index in [1.165, 1.54) is 0 Å². The summed E-state index contributed by atoms with van der Waals surface area (Å²) in [5, 5.41) is 17.6. The average Bonchev–Trinajstić information content (AvgIpc) is 2.70. The highest BCUT2D eigenvalue weighted by molar-refractivity contribution is 5.89. The Balaban J connectivity index is 1.94. The van der Waals surface area contributed by atoms with Crippen molar-refractivity contribution in [3.05, 3.63) is 71.3 Å². The summed E-state index contributed by atoms with van der Waals surface area (Å²) < 4.78 is 5.33. The molecule has 0 aromatic heterocycles. The quantitative estimate of drug-likeness (QED) is 0.563. The van der Waals surface area contributed by atoms with Crippen molar-refractivity contribution in [1.82, 2.24) is 0 Å². The van der Waals surface area contributed by atoms with Crippen LogP contribution < -0.4 is 4.90 Å². The van der Waals surface area contributed by atoms with Gasteiger partial charge in [-0.3, -0.25) is 0 Å². The third-order valence-electron chi connectivity index (χ3n) is 3.80. The van der Waals surface area contributed by atoms with E-state index in [9.17, 15) is 4.79 Å². The van der Waals surface area contributed by atoms with Crippen molar-refractivity contribution in [3.8, 4) is 12.1 Å². The molecule has 0 saturated heterocycles. The van der Waals surface area contributed by atoms with Crippen LogP contribution in [0.25, 0.3) is 6.08 Å². The van der Waals surface area contributed by atoms with Crippen LogP contribution in [0.3, 0.4) is 0 Å². The van der Waals surface area contributed by atoms with Gasteiger partial charge in [0.1, 0.15) is 24.3 Å². The van der Waals surface area contributed by atoms with Crippen molar-refractivity contribution in [3.63, 3.8) is 0 Å². The van der Waals surface area contributed by atoms with E-state index < -0.39 is 0 Å². The number of anilines is 1. The number of nitrogens with zero attached hydrogens (tertiary/aromatic N) is 3. The maximum atomic E-state index is 12.0. The molecule has 5 nitrogen and oxygen atoms in total. The Morgan fingerprint density at radius 2 is 1.73 bits per heavy atom. The fourth-order valence-electron chi connectivity index (χ4n) is 2.41. The third-order valence-corrected chi connectivity index (χ3v) is 3.80. The van der Waals surface area contributed by atoms with E-state index in [4.69, 9.17) is 15.3 Å². The maximum absolute atomic E-state index is 12.0. The molecule has 0 spiro atoms. The van der Waals surface area contributed by atoms with Crippen LogP contribution in [0.2, 0.25) is 0 Å². The first-order chi connectivity index (χ1) is 12.7. The first-order valence-electron chi connectivity index (χ1n) is 8.27. The van der Waals surface area contributed by atoms with E-state index in [-0.39, 0.29) is 18.1 Å². The Hall–Kier alpha value is -3.57. The summed E-state index contributed by atoms with van der Waals surface area (Å²) in [6.07, 6.45) is 1.54. The largest absolute Gasteiger partial charge is 0.460 e. The number of ether oxygens (including phenoxy) is 1. The number of carbonyl (C=O) groups is 1. The summed E-state index contributed by atoms with van der Waals surface area (Å²) in [6, 6.07) is 20.1. The molecular weight excluding hydrogens is 326 g/mol. The molecule has 2 rings (SSSR count). The Labute approximate surface area is 153 Å². The third kappa shape index (κ3) is 5.22. The molecular formula is C21H19N3O2. The highest BCUT2D eigenvalue weighted by Gasteiger charge is 2.08. The van der Waals surface area contributed by atoms with Gasteiger partial charge in [-0.15, -0.1) is 0 Å². The number of likely N-dealkylation sites (N-methyl/N-ethyl adjacent to an activating group) is 1. The van der Waals surface area contributed by atoms with Crippen molar-refractivity contribution in [2.75, 3.05) is 24.6 Å². The summed E-state index contributed by atoms with van der Waals surface area (Å²) in [5.74, 6) is -0.331. The number of esters is 1. The van der Waals surface area contributed by atoms with Gasteiger partial charge in [0.2, 0.25) is 0 Å². The van der Waals surface area contributed by atoms with E-state index >= 15 is 0 Å². The number of carbonyl (C=O) groups excluding carboxylic acids is 1. The molecule has 5 heteroatoms. The molecule has 0 N–H and O–H groups in total. The van der Waals surface area contributed by atoms with Crippen molar-refractivity contribution in [2.45, 2.75) is 6.92 Å². The van der Waals surface area contributed by atoms with Gasteiger partial charge in [0.05, 0.1) is 12.1 Å². The number of hydrogen-bond acceptors (Lipinski definition) is 5. The smallest absolute Gasteiger partial charge is 0.338 e. The molecule has 0 unspecified atom stereocenters. The minimum Gasteiger partial charge on any atom is -0.460 e. The molecule has 130 valence electrons. The van der Waals surface area contributed by atoms with Gasteiger partial charge >= 0.3 is 5.97 Å². The van der Waals surface area contributed by atoms with Crippen LogP contribution in [0.1, 0.15) is 22.8 Å². The van der Waals surface area contributed by atoms with Gasteiger partial charge in [0, 0.05) is 12.2 Å². The molecule has 0 aliphatic heterocycles. The summed E-state index contributed by atoms with van der Waals surface area (Å²) in [5.41, 5.74) is 2.38. The molecule has 0 aliphatic rings. The zero-order valence-corrected chi connectivity index (χ0v) is 14.6. The summed E-state index contributed by atoms with van der Waals surface area (Å²) in [7, 11) is 0. The van der Waals surface area contributed by atoms with Crippen molar-refractivity contribution < 1.29 is 9.53 Å². The summed E-state index contributed by atoms with van der Waals surface area (Å²) >= 11 is 0. The molecule has 2 aromatic rings. The lowest BCUT2D eigenvalue weighted by atomic mass is 10.1. The Morgan fingerprint density at radius 3 is 2.31 bits per heavy atom. The molecule has 0 fully saturated rings. The molecule has 0 bridgehead atoms. The second-order valence-electron chi connectivity index (χ2n) is 5.45. The number of nitriles is 2. The zero-order chi connectivity index (χ0) is 18.8. The standard InChI is InChI=1S/C21H19N3O2/c1-2-24(12-13-26-21(25)19-6-4-3-5-7-19)20-10-8-17(9-11-20)14-18(15-22)16-23/h3-11,14H,2,12-13H2,1H3. The first kappa shape index (κ1) is 18.8. The molecule has 0 radical (unpaired) electrons. The predicted octanol–water partition coefficient (Wildman–Crippen LogP) is 3.80. The first-order valence-corrected chi connectivity index (χ1v) is 8.27. The van der Waals surface area contributed by atoms with Gasteiger partial charge in [-0.2, -0.15) is 10.5 Å². The van der Waals surface area contributed by atoms with Crippen molar-refractivity contribution in [1.29, 1.82) is 10.5 Å². The van der Waals surface area contributed by atoms with Crippen LogP contribution in [-0.4, -0.2) is 25.7 Å². The van der Waals surface area contributed by atoms with E-state index in [0.29, 0.717) is 12.1 Å². The van der Waals surface area contributed by atoms with Crippen molar-refractivity contribution >= 4 is 17.7 Å². The summed E-state index contributed by atoms with van der Waals surface area (Å²) in [4.78, 5) is 14.0. The topological polar surface area (TPSA) is 77.1 Å². The SMILES string of the molecule is CCN(CCOC(=O)c1ccccc1)c1ccc(C=C(C#N)C#N)cc1. The fraction of sp³-hybridized carbons (Fsp3) is 0.190. The van der Waals surface area contributed by atoms with Gasteiger partial charge in [0.25, 0.3) is 0 Å². The van der Waals surface area contributed by atoms with Crippen LogP contribution >= 0.6 is 0 Å². The maximum Gasteiger partial charge on any atom is 0.338 e. The highest BCUT2D eigenvalue weighted by Crippen LogP contribution is 2.17. The van der Waals surface area contributed by atoms with Crippen LogP contribution in [0.15, 0.2) is 60.2 Å². The number of allylic oxidation sites excluding steroid dienone is 1. The van der Waals surface area contributed by atoms with E-state index in [2.05, 4.69) is 4.90 Å². The van der Waals surface area contributed by atoms with Crippen LogP contribution in [0.4, 0.5) is 5.69 Å². The van der Waals surface area contributed by atoms with Gasteiger partial charge in [-0.05, 0) is 42.8 Å². The minimum atomic E-state index is -0.331. The lowest BCUT2D eigenvalue weighted by Gasteiger charge is -2.23. The lowest BCUT2D eigenvalue weighted by Crippen LogP contribution is -2.28. The van der Waals surface area contributed by atoms with Gasteiger partial charge in [-0.25, -0.2) is 4.79 Å². The molecule has 2 aromatic carbocycles. The van der Waals surface area contributed by atoms with Crippen LogP contribution in [-0.2, 0) is 4.74 Å². The summed E-state index contributed by atoms with van der Waals surface area (Å²) in [6.45, 7) is 3.65. The lowest BCUT2D eigenvalue weighted by molar-refractivity contribution is 0.0515. The van der Waals surface area contributed by atoms with E-state index in [1.807, 2.05) is 49.4 Å². The number of rotatable bonds is 7. The van der Waals surface area contributed by atoms with Gasteiger partial charge < -0.3 is 9.64 Å². The normalized spacial score (nSPS) is 9.50. The van der Waals surface area contributed by atoms with Crippen molar-refractivity contribution in [2.24, 2.45) is 0 Å². The van der Waals surface area contributed by atoms with Crippen LogP contribution in [0.5, 0.6) is 0 Å².